The molecule has 0 saturated heterocycles. The molecule has 2 aromatic rings. The van der Waals surface area contributed by atoms with Gasteiger partial charge in [-0.3, -0.25) is 4.98 Å². The van der Waals surface area contributed by atoms with Gasteiger partial charge in [0.2, 0.25) is 5.88 Å². The van der Waals surface area contributed by atoms with Gasteiger partial charge in [0.25, 0.3) is 0 Å². The first kappa shape index (κ1) is 9.00. The van der Waals surface area contributed by atoms with Gasteiger partial charge in [-0.25, -0.2) is 4.98 Å². The van der Waals surface area contributed by atoms with E-state index in [1.807, 2.05) is 12.1 Å². The van der Waals surface area contributed by atoms with Gasteiger partial charge in [-0.05, 0) is 12.1 Å². The van der Waals surface area contributed by atoms with Crippen LogP contribution in [0.3, 0.4) is 0 Å². The van der Waals surface area contributed by atoms with Crippen molar-refractivity contribution >= 4 is 18.6 Å². The fourth-order valence-electron chi connectivity index (χ4n) is 1.26. The maximum absolute atomic E-state index is 5.40. The Bertz CT molecular complexity index is 428. The molecule has 0 fully saturated rings. The van der Waals surface area contributed by atoms with E-state index in [1.165, 1.54) is 0 Å². The minimum atomic E-state index is 0.481. The molecule has 2 heterocycles. The van der Waals surface area contributed by atoms with Gasteiger partial charge in [0.05, 0.1) is 14.5 Å². The van der Waals surface area contributed by atoms with Crippen molar-refractivity contribution in [3.05, 3.63) is 30.7 Å². The van der Waals surface area contributed by atoms with Crippen LogP contribution in [0.4, 0.5) is 0 Å². The third-order valence-corrected chi connectivity index (χ3v) is 1.88. The average molecular weight is 184 g/mol. The van der Waals surface area contributed by atoms with Crippen LogP contribution in [-0.2, 0) is 0 Å². The molecule has 0 aromatic carbocycles. The quantitative estimate of drug-likeness (QED) is 0.679. The molecular formula is C10H9BN2O. The predicted molar refractivity (Wildman–Crippen MR) is 55.6 cm³/mol. The summed E-state index contributed by atoms with van der Waals surface area (Å²) >= 11 is 0. The van der Waals surface area contributed by atoms with Gasteiger partial charge in [0, 0.05) is 29.4 Å². The van der Waals surface area contributed by atoms with Gasteiger partial charge < -0.3 is 4.74 Å². The Hall–Kier alpha value is -1.58. The van der Waals surface area contributed by atoms with Crippen molar-refractivity contribution < 1.29 is 4.74 Å². The fraction of sp³-hybridized carbons (Fsp3) is 0.200. The van der Waals surface area contributed by atoms with Crippen LogP contribution < -0.4 is 4.74 Å². The zero-order valence-electron chi connectivity index (χ0n) is 7.68. The summed E-state index contributed by atoms with van der Waals surface area (Å²) in [5, 5.41) is 1.99. The maximum atomic E-state index is 5.40. The fourth-order valence-corrected chi connectivity index (χ4v) is 1.26. The summed E-state index contributed by atoms with van der Waals surface area (Å²) in [7, 11) is 5.36. The van der Waals surface area contributed by atoms with E-state index in [-0.39, 0.29) is 0 Å². The van der Waals surface area contributed by atoms with E-state index in [4.69, 9.17) is 12.6 Å². The molecule has 0 N–H and O–H groups in total. The molecule has 14 heavy (non-hydrogen) atoms. The number of rotatable bonds is 3. The standard InChI is InChI=1S/C10H9BN2O/c11-3-6-14-10-9-2-4-12-7-8(9)1-5-13-10/h1-2,4-5,7H,3,6H2. The third kappa shape index (κ3) is 1.69. The minimum Gasteiger partial charge on any atom is -0.478 e. The van der Waals surface area contributed by atoms with E-state index in [0.29, 0.717) is 18.8 Å². The Balaban J connectivity index is 2.43. The summed E-state index contributed by atoms with van der Waals surface area (Å²) in [6.45, 7) is 0.481. The van der Waals surface area contributed by atoms with E-state index >= 15 is 0 Å². The summed E-state index contributed by atoms with van der Waals surface area (Å²) in [6.07, 6.45) is 5.70. The van der Waals surface area contributed by atoms with E-state index in [2.05, 4.69) is 9.97 Å². The van der Waals surface area contributed by atoms with Crippen molar-refractivity contribution in [3.8, 4) is 5.88 Å². The van der Waals surface area contributed by atoms with Crippen LogP contribution in [0.25, 0.3) is 10.8 Å². The van der Waals surface area contributed by atoms with Crippen LogP contribution in [0.1, 0.15) is 0 Å². The molecule has 3 nitrogen and oxygen atoms in total. The topological polar surface area (TPSA) is 35.0 Å². The Kier molecular flexibility index (Phi) is 2.63. The molecule has 0 aliphatic rings. The highest BCUT2D eigenvalue weighted by atomic mass is 16.5. The smallest absolute Gasteiger partial charge is 0.221 e. The van der Waals surface area contributed by atoms with E-state index in [9.17, 15) is 0 Å². The van der Waals surface area contributed by atoms with E-state index in [0.717, 1.165) is 10.8 Å². The molecule has 2 radical (unpaired) electrons. The first-order valence-electron chi connectivity index (χ1n) is 4.43. The Morgan fingerprint density at radius 1 is 1.29 bits per heavy atom. The van der Waals surface area contributed by atoms with Crippen LogP contribution >= 0.6 is 0 Å². The second-order valence-electron chi connectivity index (χ2n) is 2.85. The number of aromatic nitrogens is 2. The summed E-state index contributed by atoms with van der Waals surface area (Å²) in [4.78, 5) is 8.17. The van der Waals surface area contributed by atoms with Crippen molar-refractivity contribution in [2.24, 2.45) is 0 Å². The Morgan fingerprint density at radius 3 is 3.07 bits per heavy atom. The second-order valence-corrected chi connectivity index (χ2v) is 2.85. The van der Waals surface area contributed by atoms with Crippen LogP contribution in [0.2, 0.25) is 6.32 Å². The summed E-state index contributed by atoms with van der Waals surface area (Å²) < 4.78 is 5.40. The molecule has 2 aromatic heterocycles. The van der Waals surface area contributed by atoms with Crippen LogP contribution in [0.15, 0.2) is 30.7 Å². The molecular weight excluding hydrogens is 175 g/mol. The number of ether oxygens (including phenoxy) is 1. The molecule has 0 atom stereocenters. The molecule has 0 unspecified atom stereocenters. The number of hydrogen-bond acceptors (Lipinski definition) is 3. The predicted octanol–water partition coefficient (Wildman–Crippen LogP) is 1.60. The molecule has 68 valence electrons. The normalized spacial score (nSPS) is 10.3. The zero-order chi connectivity index (χ0) is 9.80. The van der Waals surface area contributed by atoms with Crippen molar-refractivity contribution in [2.45, 2.75) is 6.32 Å². The SMILES string of the molecule is [B]CCOc1nccc2cnccc12. The lowest BCUT2D eigenvalue weighted by Crippen LogP contribution is -1.98. The molecule has 0 spiro atoms. The van der Waals surface area contributed by atoms with Gasteiger partial charge in [0.1, 0.15) is 0 Å². The molecule has 4 heteroatoms. The van der Waals surface area contributed by atoms with Crippen molar-refractivity contribution in [1.82, 2.24) is 9.97 Å². The summed E-state index contributed by atoms with van der Waals surface area (Å²) in [5.74, 6) is 0.621. The Labute approximate surface area is 83.5 Å². The lowest BCUT2D eigenvalue weighted by atomic mass is 10.1. The van der Waals surface area contributed by atoms with Crippen molar-refractivity contribution in [3.63, 3.8) is 0 Å². The van der Waals surface area contributed by atoms with Gasteiger partial charge in [-0.1, -0.05) is 6.32 Å². The van der Waals surface area contributed by atoms with Crippen LogP contribution in [0.5, 0.6) is 5.88 Å². The highest BCUT2D eigenvalue weighted by molar-refractivity contribution is 6.08. The number of fused-ring (bicyclic) bond motifs is 1. The number of nitrogens with zero attached hydrogens (tertiary/aromatic N) is 2. The molecule has 0 saturated carbocycles. The molecule has 0 aliphatic heterocycles. The van der Waals surface area contributed by atoms with E-state index < -0.39 is 0 Å². The first-order valence-corrected chi connectivity index (χ1v) is 4.43. The largest absolute Gasteiger partial charge is 0.478 e. The number of pyridine rings is 2. The summed E-state index contributed by atoms with van der Waals surface area (Å²) in [5.41, 5.74) is 0. The first-order chi connectivity index (χ1) is 6.92. The lowest BCUT2D eigenvalue weighted by molar-refractivity contribution is 0.331. The van der Waals surface area contributed by atoms with Crippen molar-refractivity contribution in [2.75, 3.05) is 6.61 Å². The Morgan fingerprint density at radius 2 is 2.21 bits per heavy atom. The molecule has 0 amide bonds. The molecule has 0 bridgehead atoms. The number of hydrogen-bond donors (Lipinski definition) is 0. The monoisotopic (exact) mass is 184 g/mol. The molecule has 0 aliphatic carbocycles. The van der Waals surface area contributed by atoms with Crippen LogP contribution in [-0.4, -0.2) is 24.4 Å². The second kappa shape index (κ2) is 4.09. The van der Waals surface area contributed by atoms with Gasteiger partial charge >= 0.3 is 0 Å². The maximum Gasteiger partial charge on any atom is 0.221 e. The van der Waals surface area contributed by atoms with Gasteiger partial charge in [0.15, 0.2) is 0 Å². The summed E-state index contributed by atoms with van der Waals surface area (Å²) in [6, 6.07) is 3.78. The highest BCUT2D eigenvalue weighted by Gasteiger charge is 2.01. The average Bonchev–Trinajstić information content (AvgIpc) is 2.26. The van der Waals surface area contributed by atoms with Gasteiger partial charge in [-0.15, -0.1) is 0 Å². The third-order valence-electron chi connectivity index (χ3n) is 1.88. The van der Waals surface area contributed by atoms with Crippen molar-refractivity contribution in [1.29, 1.82) is 0 Å². The van der Waals surface area contributed by atoms with E-state index in [1.54, 1.807) is 18.6 Å². The minimum absolute atomic E-state index is 0.481. The molecule has 2 rings (SSSR count). The zero-order valence-corrected chi connectivity index (χ0v) is 7.68. The highest BCUT2D eigenvalue weighted by Crippen LogP contribution is 2.21. The lowest BCUT2D eigenvalue weighted by Gasteiger charge is -2.05. The van der Waals surface area contributed by atoms with Gasteiger partial charge in [-0.2, -0.15) is 0 Å². The van der Waals surface area contributed by atoms with Crippen LogP contribution in [0, 0.1) is 0 Å².